The maximum atomic E-state index is 15.3. The van der Waals surface area contributed by atoms with Gasteiger partial charge in [-0.1, -0.05) is 43.6 Å². The summed E-state index contributed by atoms with van der Waals surface area (Å²) in [5, 5.41) is 9.49. The van der Waals surface area contributed by atoms with Crippen LogP contribution in [0.5, 0.6) is 5.75 Å². The first-order chi connectivity index (χ1) is 19.9. The lowest BCUT2D eigenvalue weighted by molar-refractivity contribution is -0.138. The highest BCUT2D eigenvalue weighted by atomic mass is 35.5. The number of carbonyl (C=O) groups excluding carboxylic acids is 2. The number of halogens is 2. The van der Waals surface area contributed by atoms with E-state index in [1.54, 1.807) is 53.3 Å². The number of rotatable bonds is 7. The molecule has 0 aliphatic carbocycles. The first-order valence-electron chi connectivity index (χ1n) is 13.9. The predicted molar refractivity (Wildman–Crippen MR) is 155 cm³/mol. The van der Waals surface area contributed by atoms with Crippen LogP contribution in [0.2, 0.25) is 5.02 Å². The quantitative estimate of drug-likeness (QED) is 0.390. The van der Waals surface area contributed by atoms with Crippen molar-refractivity contribution in [1.82, 2.24) is 14.9 Å². The molecule has 2 aromatic heterocycles. The average Bonchev–Trinajstić information content (AvgIpc) is 2.94. The van der Waals surface area contributed by atoms with Crippen molar-refractivity contribution >= 4 is 35.1 Å². The number of anilines is 1. The zero-order chi connectivity index (χ0) is 30.2. The Kier molecular flexibility index (Phi) is 8.19. The van der Waals surface area contributed by atoms with E-state index in [4.69, 9.17) is 21.4 Å². The molecule has 9 nitrogen and oxygen atoms in total. The highest BCUT2D eigenvalue weighted by Crippen LogP contribution is 2.40. The number of amides is 2. The summed E-state index contributed by atoms with van der Waals surface area (Å²) in [4.78, 5) is 49.8. The van der Waals surface area contributed by atoms with Crippen LogP contribution < -0.4 is 9.64 Å². The maximum Gasteiger partial charge on any atom is 0.307 e. The normalized spacial score (nSPS) is 17.5. The van der Waals surface area contributed by atoms with E-state index in [1.807, 2.05) is 13.8 Å². The summed E-state index contributed by atoms with van der Waals surface area (Å²) >= 11 is 6.22. The summed E-state index contributed by atoms with van der Waals surface area (Å²) in [6.07, 6.45) is 3.76. The van der Waals surface area contributed by atoms with Crippen molar-refractivity contribution in [2.45, 2.75) is 58.6 Å². The Morgan fingerprint density at radius 3 is 2.57 bits per heavy atom. The molecule has 0 radical (unpaired) electrons. The van der Waals surface area contributed by atoms with Gasteiger partial charge in [0.2, 0.25) is 5.91 Å². The highest BCUT2D eigenvalue weighted by Gasteiger charge is 2.43. The van der Waals surface area contributed by atoms with Crippen molar-refractivity contribution in [3.8, 4) is 16.9 Å². The number of aliphatic carboxylic acids is 1. The van der Waals surface area contributed by atoms with E-state index in [-0.39, 0.29) is 24.1 Å². The number of benzene rings is 1. The van der Waals surface area contributed by atoms with Gasteiger partial charge in [-0.25, -0.2) is 9.37 Å². The molecule has 11 heteroatoms. The molecule has 1 aromatic carbocycles. The molecule has 5 rings (SSSR count). The molecule has 1 saturated heterocycles. The summed E-state index contributed by atoms with van der Waals surface area (Å²) in [6.45, 7) is 6.11. The number of pyridine rings is 2. The molecule has 1 fully saturated rings. The van der Waals surface area contributed by atoms with Crippen molar-refractivity contribution in [3.63, 3.8) is 0 Å². The van der Waals surface area contributed by atoms with Gasteiger partial charge in [0.25, 0.3) is 5.91 Å². The first kappa shape index (κ1) is 29.4. The van der Waals surface area contributed by atoms with Gasteiger partial charge in [0.05, 0.1) is 22.8 Å². The Morgan fingerprint density at radius 2 is 1.88 bits per heavy atom. The minimum atomic E-state index is -0.989. The molecule has 2 amide bonds. The molecule has 42 heavy (non-hydrogen) atoms. The molecular weight excluding hydrogens is 563 g/mol. The van der Waals surface area contributed by atoms with Crippen LogP contribution in [0.25, 0.3) is 11.1 Å². The van der Waals surface area contributed by atoms with Crippen molar-refractivity contribution in [1.29, 1.82) is 0 Å². The molecule has 1 N–H and O–H groups in total. The fourth-order valence-corrected chi connectivity index (χ4v) is 5.78. The molecule has 0 spiro atoms. The molecule has 0 saturated carbocycles. The molecule has 1 atom stereocenters. The largest absolute Gasteiger partial charge is 0.489 e. The Balaban J connectivity index is 1.30. The summed E-state index contributed by atoms with van der Waals surface area (Å²) < 4.78 is 21.1. The zero-order valence-electron chi connectivity index (χ0n) is 23.6. The number of carboxylic acids is 1. The third-order valence-corrected chi connectivity index (χ3v) is 7.94. The van der Waals surface area contributed by atoms with Crippen LogP contribution in [0.15, 0.2) is 48.8 Å². The lowest BCUT2D eigenvalue weighted by atomic mass is 9.81. The van der Waals surface area contributed by atoms with Gasteiger partial charge >= 0.3 is 5.97 Å². The molecular formula is C31H32ClFN4O5. The van der Waals surface area contributed by atoms with E-state index in [0.29, 0.717) is 59.9 Å². The van der Waals surface area contributed by atoms with Gasteiger partial charge in [0.1, 0.15) is 11.9 Å². The van der Waals surface area contributed by atoms with Crippen molar-refractivity contribution < 1.29 is 28.6 Å². The molecule has 0 unspecified atom stereocenters. The monoisotopic (exact) mass is 594 g/mol. The lowest BCUT2D eigenvalue weighted by Gasteiger charge is -2.44. The number of piperidine rings is 1. The Morgan fingerprint density at radius 1 is 1.17 bits per heavy atom. The van der Waals surface area contributed by atoms with Gasteiger partial charge in [-0.05, 0) is 38.0 Å². The van der Waals surface area contributed by atoms with E-state index in [2.05, 4.69) is 9.97 Å². The smallest absolute Gasteiger partial charge is 0.307 e. The summed E-state index contributed by atoms with van der Waals surface area (Å²) in [5.41, 5.74) is 1.56. The third-order valence-electron chi connectivity index (χ3n) is 7.73. The van der Waals surface area contributed by atoms with Crippen LogP contribution in [0.4, 0.5) is 10.1 Å². The van der Waals surface area contributed by atoms with E-state index in [1.165, 1.54) is 12.3 Å². The van der Waals surface area contributed by atoms with Gasteiger partial charge in [-0.2, -0.15) is 0 Å². The number of carboxylic acid groups (broad SMARTS) is 1. The van der Waals surface area contributed by atoms with E-state index >= 15 is 4.39 Å². The molecule has 4 heterocycles. The van der Waals surface area contributed by atoms with Crippen LogP contribution in [-0.2, 0) is 16.0 Å². The van der Waals surface area contributed by atoms with Crippen molar-refractivity contribution in [2.24, 2.45) is 5.41 Å². The second kappa shape index (κ2) is 11.7. The zero-order valence-corrected chi connectivity index (χ0v) is 24.4. The van der Waals surface area contributed by atoms with Crippen LogP contribution in [0.3, 0.4) is 0 Å². The Labute approximate surface area is 248 Å². The minimum absolute atomic E-state index is 0.00578. The Bertz CT molecular complexity index is 1540. The predicted octanol–water partition coefficient (Wildman–Crippen LogP) is 5.40. The number of ether oxygens (including phenoxy) is 1. The van der Waals surface area contributed by atoms with Gasteiger partial charge in [-0.3, -0.25) is 19.4 Å². The molecule has 2 aliphatic heterocycles. The summed E-state index contributed by atoms with van der Waals surface area (Å²) in [6, 6.07) is 9.73. The molecule has 0 bridgehead atoms. The van der Waals surface area contributed by atoms with E-state index in [0.717, 1.165) is 5.69 Å². The molecule has 220 valence electrons. The number of carbonyl (C=O) groups is 3. The summed E-state index contributed by atoms with van der Waals surface area (Å²) in [7, 11) is 0. The van der Waals surface area contributed by atoms with E-state index < -0.39 is 29.2 Å². The Hall–Kier alpha value is -4.05. The van der Waals surface area contributed by atoms with Gasteiger partial charge in [0, 0.05) is 54.5 Å². The maximum absolute atomic E-state index is 15.3. The lowest BCUT2D eigenvalue weighted by Crippen LogP contribution is -2.55. The molecule has 2 aliphatic rings. The second-order valence-electron chi connectivity index (χ2n) is 11.5. The SMILES string of the molecule is C[C@H](CC(=O)O)Oc1ccccc1-c1cnc(C(=O)N2CCC(N3C(=O)C(C)(C)Cc4ncc(Cl)cc43)CC2)c(F)c1. The van der Waals surface area contributed by atoms with Crippen molar-refractivity contribution in [3.05, 3.63) is 71.0 Å². The number of para-hydroxylation sites is 1. The van der Waals surface area contributed by atoms with Gasteiger partial charge in [0.15, 0.2) is 11.5 Å². The molecule has 3 aromatic rings. The number of nitrogens with zero attached hydrogens (tertiary/aromatic N) is 4. The van der Waals surface area contributed by atoms with Gasteiger partial charge in [-0.15, -0.1) is 0 Å². The fraction of sp³-hybridized carbons (Fsp3) is 0.387. The summed E-state index contributed by atoms with van der Waals surface area (Å²) in [5.74, 6) is -1.89. The van der Waals surface area contributed by atoms with Crippen LogP contribution >= 0.6 is 11.6 Å². The standard InChI is InChI=1S/C31H32ClFN4O5/c1-18(12-27(38)39)42-26-7-5-4-6-22(26)19-13-23(33)28(35-16-19)29(40)36-10-8-21(9-11-36)37-25-14-20(32)17-34-24(25)15-31(2,3)30(37)41/h4-7,13-14,16-18,21H,8-12,15H2,1-3H3,(H,38,39)/t18-/m1/s1. The van der Waals surface area contributed by atoms with E-state index in [9.17, 15) is 14.4 Å². The minimum Gasteiger partial charge on any atom is -0.489 e. The first-order valence-corrected chi connectivity index (χ1v) is 14.2. The van der Waals surface area contributed by atoms with Crippen molar-refractivity contribution in [2.75, 3.05) is 18.0 Å². The number of aromatic nitrogens is 2. The van der Waals surface area contributed by atoms with Crippen LogP contribution in [0.1, 0.15) is 56.2 Å². The fourth-order valence-electron chi connectivity index (χ4n) is 5.63. The second-order valence-corrected chi connectivity index (χ2v) is 11.9. The topological polar surface area (TPSA) is 113 Å². The number of fused-ring (bicyclic) bond motifs is 1. The van der Waals surface area contributed by atoms with Crippen LogP contribution in [-0.4, -0.2) is 63.0 Å². The van der Waals surface area contributed by atoms with Crippen LogP contribution in [0, 0.1) is 11.2 Å². The number of hydrogen-bond donors (Lipinski definition) is 1. The average molecular weight is 595 g/mol. The van der Waals surface area contributed by atoms with Gasteiger partial charge < -0.3 is 19.6 Å². The number of likely N-dealkylation sites (tertiary alicyclic amines) is 1. The third kappa shape index (κ3) is 5.94. The highest BCUT2D eigenvalue weighted by molar-refractivity contribution is 6.30. The number of hydrogen-bond acceptors (Lipinski definition) is 6.